The van der Waals surface area contributed by atoms with Crippen LogP contribution in [0.1, 0.15) is 36.1 Å². The molecule has 0 heterocycles. The van der Waals surface area contributed by atoms with Gasteiger partial charge >= 0.3 is 0 Å². The van der Waals surface area contributed by atoms with Gasteiger partial charge in [-0.05, 0) is 67.1 Å². The van der Waals surface area contributed by atoms with Gasteiger partial charge in [0.15, 0.2) is 0 Å². The predicted octanol–water partition coefficient (Wildman–Crippen LogP) is 3.35. The molecular weight excluding hydrogens is 301 g/mol. The highest BCUT2D eigenvalue weighted by Crippen LogP contribution is 2.25. The second kappa shape index (κ2) is 5.82. The first-order valence-electron chi connectivity index (χ1n) is 7.35. The maximum absolute atomic E-state index is 12.9. The normalized spacial score (nSPS) is 15.5. The first-order chi connectivity index (χ1) is 10.5. The molecule has 0 amide bonds. The van der Waals surface area contributed by atoms with Crippen LogP contribution in [0.15, 0.2) is 47.4 Å². The summed E-state index contributed by atoms with van der Waals surface area (Å²) >= 11 is 0. The zero-order chi connectivity index (χ0) is 15.7. The highest BCUT2D eigenvalue weighted by molar-refractivity contribution is 7.89. The fourth-order valence-electron chi connectivity index (χ4n) is 2.84. The smallest absolute Gasteiger partial charge is 0.207 e. The largest absolute Gasteiger partial charge is 0.241 e. The minimum absolute atomic E-state index is 0.294. The molecule has 0 saturated carbocycles. The zero-order valence-corrected chi connectivity index (χ0v) is 13.2. The molecule has 3 nitrogen and oxygen atoms in total. The van der Waals surface area contributed by atoms with E-state index in [1.165, 1.54) is 17.7 Å². The Balaban J connectivity index is 1.82. The second-order valence-electron chi connectivity index (χ2n) is 5.68. The zero-order valence-electron chi connectivity index (χ0n) is 12.3. The summed E-state index contributed by atoms with van der Waals surface area (Å²) in [5, 5.41) is 0. The summed E-state index contributed by atoms with van der Waals surface area (Å²) in [6.45, 7) is 1.75. The van der Waals surface area contributed by atoms with Gasteiger partial charge in [0.25, 0.3) is 0 Å². The highest BCUT2D eigenvalue weighted by atomic mass is 32.2. The van der Waals surface area contributed by atoms with Gasteiger partial charge in [0, 0.05) is 6.04 Å². The van der Waals surface area contributed by atoms with Gasteiger partial charge in [-0.15, -0.1) is 0 Å². The topological polar surface area (TPSA) is 46.2 Å². The molecule has 0 aliphatic heterocycles. The third-order valence-corrected chi connectivity index (χ3v) is 5.62. The summed E-state index contributed by atoms with van der Waals surface area (Å²) in [7, 11) is -3.58. The van der Waals surface area contributed by atoms with E-state index in [0.29, 0.717) is 4.90 Å². The maximum atomic E-state index is 12.9. The molecule has 1 N–H and O–H groups in total. The van der Waals surface area contributed by atoms with Gasteiger partial charge in [0.05, 0.1) is 4.90 Å². The molecule has 5 heteroatoms. The number of fused-ring (bicyclic) bond motifs is 1. The molecule has 0 unspecified atom stereocenters. The number of hydrogen-bond donors (Lipinski definition) is 1. The van der Waals surface area contributed by atoms with Gasteiger partial charge in [-0.25, -0.2) is 17.5 Å². The van der Waals surface area contributed by atoms with Crippen LogP contribution < -0.4 is 4.72 Å². The van der Waals surface area contributed by atoms with Crippen molar-refractivity contribution in [2.24, 2.45) is 0 Å². The summed E-state index contributed by atoms with van der Waals surface area (Å²) in [4.78, 5) is 0.294. The standard InChI is InChI=1S/C17H18FNO2S/c1-12(13-5-8-16(18)9-6-13)19-22(20,21)17-10-7-14-3-2-4-15(14)11-17/h5-12,19H,2-4H2,1H3/t12-/m1/s1. The van der Waals surface area contributed by atoms with Crippen LogP contribution in [-0.2, 0) is 22.9 Å². The van der Waals surface area contributed by atoms with Gasteiger partial charge in [0.2, 0.25) is 10.0 Å². The third kappa shape index (κ3) is 3.05. The Kier molecular flexibility index (Phi) is 4.02. The van der Waals surface area contributed by atoms with E-state index in [-0.39, 0.29) is 5.82 Å². The molecule has 0 aromatic heterocycles. The number of rotatable bonds is 4. The van der Waals surface area contributed by atoms with E-state index in [2.05, 4.69) is 4.72 Å². The quantitative estimate of drug-likeness (QED) is 0.939. The maximum Gasteiger partial charge on any atom is 0.241 e. The van der Waals surface area contributed by atoms with Crippen LogP contribution in [0.3, 0.4) is 0 Å². The van der Waals surface area contributed by atoms with Crippen LogP contribution in [-0.4, -0.2) is 8.42 Å². The Morgan fingerprint density at radius 3 is 2.45 bits per heavy atom. The van der Waals surface area contributed by atoms with Crippen molar-refractivity contribution >= 4 is 10.0 Å². The molecule has 0 spiro atoms. The first kappa shape index (κ1) is 15.2. The van der Waals surface area contributed by atoms with E-state index < -0.39 is 16.1 Å². The Bertz CT molecular complexity index is 785. The van der Waals surface area contributed by atoms with Crippen molar-refractivity contribution < 1.29 is 12.8 Å². The minimum Gasteiger partial charge on any atom is -0.207 e. The summed E-state index contributed by atoms with van der Waals surface area (Å²) in [6.07, 6.45) is 3.04. The number of nitrogens with one attached hydrogen (secondary N) is 1. The molecule has 116 valence electrons. The molecule has 2 aromatic carbocycles. The fourth-order valence-corrected chi connectivity index (χ4v) is 4.12. The van der Waals surface area contributed by atoms with E-state index in [0.717, 1.165) is 30.4 Å². The molecule has 1 atom stereocenters. The average molecular weight is 319 g/mol. The summed E-state index contributed by atoms with van der Waals surface area (Å²) in [6, 6.07) is 10.7. The minimum atomic E-state index is -3.58. The van der Waals surface area contributed by atoms with Crippen molar-refractivity contribution in [3.05, 3.63) is 65.0 Å². The Hall–Kier alpha value is -1.72. The summed E-state index contributed by atoms with van der Waals surface area (Å²) in [5.74, 6) is -0.336. The molecule has 0 saturated heterocycles. The van der Waals surface area contributed by atoms with E-state index in [9.17, 15) is 12.8 Å². The van der Waals surface area contributed by atoms with Crippen LogP contribution in [0.4, 0.5) is 4.39 Å². The number of benzene rings is 2. The molecular formula is C17H18FNO2S. The molecule has 0 bridgehead atoms. The number of aryl methyl sites for hydroxylation is 2. The Labute approximate surface area is 130 Å². The number of halogens is 1. The molecule has 1 aliphatic rings. The van der Waals surface area contributed by atoms with E-state index in [1.54, 1.807) is 31.2 Å². The van der Waals surface area contributed by atoms with Gasteiger partial charge in [-0.3, -0.25) is 0 Å². The first-order valence-corrected chi connectivity index (χ1v) is 8.83. The lowest BCUT2D eigenvalue weighted by Gasteiger charge is -2.15. The van der Waals surface area contributed by atoms with Crippen molar-refractivity contribution in [1.82, 2.24) is 4.72 Å². The van der Waals surface area contributed by atoms with Crippen LogP contribution in [0.5, 0.6) is 0 Å². The molecule has 3 rings (SSSR count). The van der Waals surface area contributed by atoms with Crippen molar-refractivity contribution in [2.45, 2.75) is 37.1 Å². The summed E-state index contributed by atoms with van der Waals surface area (Å²) < 4.78 is 40.6. The second-order valence-corrected chi connectivity index (χ2v) is 7.39. The van der Waals surface area contributed by atoms with Crippen molar-refractivity contribution in [1.29, 1.82) is 0 Å². The van der Waals surface area contributed by atoms with Crippen LogP contribution in [0, 0.1) is 5.82 Å². The lowest BCUT2D eigenvalue weighted by molar-refractivity contribution is 0.566. The van der Waals surface area contributed by atoms with E-state index in [4.69, 9.17) is 0 Å². The van der Waals surface area contributed by atoms with Gasteiger partial charge in [-0.1, -0.05) is 18.2 Å². The van der Waals surface area contributed by atoms with E-state index >= 15 is 0 Å². The average Bonchev–Trinajstić information content (AvgIpc) is 2.94. The fraction of sp³-hybridized carbons (Fsp3) is 0.294. The van der Waals surface area contributed by atoms with Crippen molar-refractivity contribution in [3.63, 3.8) is 0 Å². The van der Waals surface area contributed by atoms with Gasteiger partial charge < -0.3 is 0 Å². The SMILES string of the molecule is C[C@@H](NS(=O)(=O)c1ccc2c(c1)CCC2)c1ccc(F)cc1. The van der Waals surface area contributed by atoms with Crippen LogP contribution in [0.2, 0.25) is 0 Å². The molecule has 0 radical (unpaired) electrons. The molecule has 2 aromatic rings. The van der Waals surface area contributed by atoms with Crippen LogP contribution >= 0.6 is 0 Å². The third-order valence-electron chi connectivity index (χ3n) is 4.08. The van der Waals surface area contributed by atoms with Crippen molar-refractivity contribution in [3.8, 4) is 0 Å². The molecule has 1 aliphatic carbocycles. The van der Waals surface area contributed by atoms with Crippen molar-refractivity contribution in [2.75, 3.05) is 0 Å². The highest BCUT2D eigenvalue weighted by Gasteiger charge is 2.21. The van der Waals surface area contributed by atoms with Gasteiger partial charge in [0.1, 0.15) is 5.82 Å². The number of hydrogen-bond acceptors (Lipinski definition) is 2. The monoisotopic (exact) mass is 319 g/mol. The van der Waals surface area contributed by atoms with Gasteiger partial charge in [-0.2, -0.15) is 0 Å². The molecule has 0 fully saturated rings. The molecule has 22 heavy (non-hydrogen) atoms. The lowest BCUT2D eigenvalue weighted by Crippen LogP contribution is -2.27. The Morgan fingerprint density at radius 2 is 1.73 bits per heavy atom. The lowest BCUT2D eigenvalue weighted by atomic mass is 10.1. The van der Waals surface area contributed by atoms with E-state index in [1.807, 2.05) is 6.07 Å². The van der Waals surface area contributed by atoms with Crippen LogP contribution in [0.25, 0.3) is 0 Å². The predicted molar refractivity (Wildman–Crippen MR) is 83.6 cm³/mol. The Morgan fingerprint density at radius 1 is 1.05 bits per heavy atom. The number of sulfonamides is 1. The summed E-state index contributed by atoms with van der Waals surface area (Å²) in [5.41, 5.74) is 3.09.